The Hall–Kier alpha value is -4.49. The van der Waals surface area contributed by atoms with E-state index in [0.29, 0.717) is 97.5 Å². The fraction of sp³-hybridized carbons (Fsp3) is 0.691. The Labute approximate surface area is 477 Å². The number of aromatic hydroxyl groups is 2. The van der Waals surface area contributed by atoms with Crippen molar-refractivity contribution in [1.29, 1.82) is 0 Å². The quantitative estimate of drug-likeness (QED) is 0.0798. The summed E-state index contributed by atoms with van der Waals surface area (Å²) in [7, 11) is 1.73. The van der Waals surface area contributed by atoms with Crippen LogP contribution in [0.3, 0.4) is 0 Å². The highest BCUT2D eigenvalue weighted by atomic mass is 16.5. The van der Waals surface area contributed by atoms with Gasteiger partial charge in [0.1, 0.15) is 29.5 Å². The average molecular weight is 1100 g/mol. The number of fused-ring (bicyclic) bond motifs is 2. The number of ether oxygens (including phenoxy) is 4. The van der Waals surface area contributed by atoms with Gasteiger partial charge in [-0.15, -0.1) is 0 Å². The minimum atomic E-state index is -0.917. The molecule has 6 heterocycles. The number of rotatable bonds is 9. The fourth-order valence-corrected chi connectivity index (χ4v) is 17.9. The maximum Gasteiger partial charge on any atom is 0.188 e. The maximum atomic E-state index is 13.0. The van der Waals surface area contributed by atoms with Crippen LogP contribution in [0.4, 0.5) is 0 Å². The Morgan fingerprint density at radius 2 is 1.66 bits per heavy atom. The lowest BCUT2D eigenvalue weighted by Crippen LogP contribution is -2.52. The molecule has 3 aromatic carbocycles. The number of allylic oxidation sites excluding steroid dienone is 2. The molecule has 12 nitrogen and oxygen atoms in total. The number of nitrogens with two attached hydrogens (primary N) is 1. The molecule has 13 atom stereocenters. The third-order valence-electron chi connectivity index (χ3n) is 21.9. The van der Waals surface area contributed by atoms with Crippen molar-refractivity contribution in [2.24, 2.45) is 63.0 Å². The lowest BCUT2D eigenvalue weighted by atomic mass is 9.56. The van der Waals surface area contributed by atoms with Crippen molar-refractivity contribution in [1.82, 2.24) is 5.32 Å². The molecule has 8 bridgehead atoms. The SMILES string of the molecule is CCCCC[C@H](C)[C@@H]1C[C@@H]2C=C[C@H]1C[C@H](O)C[C@@]1(CCC[C@@]13CCOC1(CCCC1)C3)CN=C(N)NCC[C@@H]1[C@@H](CO)CCC[C@H]1Oc1cc(ccc1O)[C@@H]1Oc3cc(OC)c4c(c3C[C@H]1O)[C@@H]2Cc1cc(O)c(CC(C)C)cc1-4. The number of hydrogen-bond acceptors (Lipinski definition) is 12. The minimum absolute atomic E-state index is 0.000698. The van der Waals surface area contributed by atoms with Gasteiger partial charge in [-0.1, -0.05) is 90.9 Å². The molecular formula is C68H97N3O9. The number of nitrogens with one attached hydrogen (secondary N) is 1. The first-order valence-corrected chi connectivity index (χ1v) is 31.7. The smallest absolute Gasteiger partial charge is 0.188 e. The van der Waals surface area contributed by atoms with E-state index in [1.807, 2.05) is 24.3 Å². The maximum absolute atomic E-state index is 13.0. The lowest BCUT2D eigenvalue weighted by molar-refractivity contribution is -0.157. The van der Waals surface area contributed by atoms with Crippen LogP contribution >= 0.6 is 0 Å². The normalized spacial score (nSPS) is 33.4. The number of aliphatic hydroxyl groups excluding tert-OH is 3. The number of phenolic OH excluding ortho intramolecular Hbond substituents is 2. The Morgan fingerprint density at radius 1 is 0.850 bits per heavy atom. The van der Waals surface area contributed by atoms with Gasteiger partial charge in [0.05, 0.1) is 24.9 Å². The van der Waals surface area contributed by atoms with Crippen LogP contribution in [0.25, 0.3) is 11.1 Å². The van der Waals surface area contributed by atoms with Gasteiger partial charge in [0.2, 0.25) is 0 Å². The molecule has 0 radical (unpaired) electrons. The molecule has 6 aliphatic heterocycles. The highest BCUT2D eigenvalue weighted by Gasteiger charge is 2.60. The molecule has 0 amide bonds. The molecule has 12 heteroatoms. The number of hydrogen-bond donors (Lipinski definition) is 7. The van der Waals surface area contributed by atoms with E-state index < -0.39 is 18.3 Å². The number of phenols is 2. The van der Waals surface area contributed by atoms with Crippen molar-refractivity contribution in [2.75, 3.05) is 33.4 Å². The van der Waals surface area contributed by atoms with Crippen LogP contribution in [-0.4, -0.2) is 88.8 Å². The number of aliphatic hydroxyl groups is 3. The summed E-state index contributed by atoms with van der Waals surface area (Å²) in [5.41, 5.74) is 13.6. The second-order valence-corrected chi connectivity index (χ2v) is 27.3. The van der Waals surface area contributed by atoms with E-state index in [0.717, 1.165) is 123 Å². The zero-order valence-corrected chi connectivity index (χ0v) is 49.0. The second-order valence-electron chi connectivity index (χ2n) is 27.3. The molecule has 8 N–H and O–H groups in total. The second kappa shape index (κ2) is 24.0. The molecule has 3 aromatic rings. The van der Waals surface area contributed by atoms with Crippen molar-refractivity contribution in [3.05, 3.63) is 76.4 Å². The zero-order valence-electron chi connectivity index (χ0n) is 49.0. The molecule has 0 aromatic heterocycles. The predicted octanol–water partition coefficient (Wildman–Crippen LogP) is 12.6. The third kappa shape index (κ3) is 11.2. The average Bonchev–Trinajstić information content (AvgIpc) is 2.88. The highest BCUT2D eigenvalue weighted by Crippen LogP contribution is 2.65. The first kappa shape index (κ1) is 57.3. The molecule has 80 heavy (non-hydrogen) atoms. The van der Waals surface area contributed by atoms with Gasteiger partial charge in [-0.05, 0) is 201 Å². The summed E-state index contributed by atoms with van der Waals surface area (Å²) in [5, 5.41) is 62.9. The van der Waals surface area contributed by atoms with E-state index in [1.54, 1.807) is 13.2 Å². The number of unbranched alkanes of at least 4 members (excludes halogenated alkanes) is 2. The molecular weight excluding hydrogens is 1000 g/mol. The Balaban J connectivity index is 1.03. The zero-order chi connectivity index (χ0) is 55.9. The summed E-state index contributed by atoms with van der Waals surface area (Å²) in [5.74, 6) is 3.88. The van der Waals surface area contributed by atoms with Crippen LogP contribution < -0.4 is 25.3 Å². The van der Waals surface area contributed by atoms with E-state index in [9.17, 15) is 25.5 Å². The molecule has 1 saturated heterocycles. The van der Waals surface area contributed by atoms with Gasteiger partial charge in [0.15, 0.2) is 17.5 Å². The summed E-state index contributed by atoms with van der Waals surface area (Å²) in [4.78, 5) is 5.28. The Bertz CT molecular complexity index is 2720. The van der Waals surface area contributed by atoms with Crippen molar-refractivity contribution < 1.29 is 44.5 Å². The highest BCUT2D eigenvalue weighted by molar-refractivity contribution is 5.84. The standard InChI is InChI=1S/C68H97N3O9/c1-6-7-8-13-42(4)51-30-44-17-16-43(51)29-49(73)37-67(22-12-21-66(67)25-27-78-68(39-66)23-9-10-24-68)40-71-65(69)70-26-20-50-46(38-72)14-11-15-58(50)79-60-34-45(18-19-55(60)74)64-57(76)35-54-59(80-64)36-61(77-5)63-53-32-48(28-41(2)3)56(75)33-47(53)31-52(44)62(54)63/h16-19,32-34,36,41-44,46,49-52,57-58,64,72-76H,6-15,20-31,35,37-40H2,1-5H3,(H3,69,70,71)/t42-,43-,44-,46+,49-,50+,51-,52+,57+,58+,64-,66-,67-/m0/s1. The molecule has 438 valence electrons. The summed E-state index contributed by atoms with van der Waals surface area (Å²) >= 11 is 0. The van der Waals surface area contributed by atoms with E-state index in [2.05, 4.69) is 51.2 Å². The molecule has 11 aliphatic rings. The van der Waals surface area contributed by atoms with Gasteiger partial charge in [0, 0.05) is 55.8 Å². The molecule has 3 spiro atoms. The molecule has 3 saturated carbocycles. The predicted molar refractivity (Wildman–Crippen MR) is 316 cm³/mol. The third-order valence-corrected chi connectivity index (χ3v) is 21.9. The molecule has 5 aliphatic carbocycles. The first-order valence-electron chi connectivity index (χ1n) is 31.7. The van der Waals surface area contributed by atoms with Gasteiger partial charge in [-0.25, -0.2) is 0 Å². The van der Waals surface area contributed by atoms with Gasteiger partial charge in [-0.3, -0.25) is 4.99 Å². The molecule has 14 rings (SSSR count). The number of aliphatic imine (C=N–C) groups is 1. The first-order chi connectivity index (χ1) is 38.6. The molecule has 0 unspecified atom stereocenters. The number of methoxy groups -OCH3 is 1. The van der Waals surface area contributed by atoms with Gasteiger partial charge in [0.25, 0.3) is 0 Å². The van der Waals surface area contributed by atoms with Crippen LogP contribution in [0.2, 0.25) is 0 Å². The van der Waals surface area contributed by atoms with Crippen molar-refractivity contribution >= 4 is 5.96 Å². The van der Waals surface area contributed by atoms with Crippen LogP contribution in [0.1, 0.15) is 196 Å². The fourth-order valence-electron chi connectivity index (χ4n) is 17.9. The van der Waals surface area contributed by atoms with Crippen molar-refractivity contribution in [3.63, 3.8) is 0 Å². The van der Waals surface area contributed by atoms with Crippen LogP contribution in [0.5, 0.6) is 28.7 Å². The van der Waals surface area contributed by atoms with Crippen LogP contribution in [0.15, 0.2) is 53.5 Å². The van der Waals surface area contributed by atoms with Gasteiger partial charge >= 0.3 is 0 Å². The van der Waals surface area contributed by atoms with Gasteiger partial charge in [-0.2, -0.15) is 0 Å². The van der Waals surface area contributed by atoms with Crippen molar-refractivity contribution in [3.8, 4) is 39.9 Å². The van der Waals surface area contributed by atoms with Crippen LogP contribution in [-0.2, 0) is 24.0 Å². The summed E-state index contributed by atoms with van der Waals surface area (Å²) in [6, 6.07) is 11.5. The summed E-state index contributed by atoms with van der Waals surface area (Å²) in [6.45, 7) is 11.0. The largest absolute Gasteiger partial charge is 0.508 e. The van der Waals surface area contributed by atoms with Crippen LogP contribution in [0, 0.1) is 52.3 Å². The number of nitrogens with zero attached hydrogens (tertiary/aromatic N) is 1. The number of guanidine groups is 1. The van der Waals surface area contributed by atoms with E-state index in [1.165, 1.54) is 32.1 Å². The van der Waals surface area contributed by atoms with Crippen molar-refractivity contribution in [2.45, 2.75) is 211 Å². The van der Waals surface area contributed by atoms with E-state index >= 15 is 0 Å². The monoisotopic (exact) mass is 1100 g/mol. The summed E-state index contributed by atoms with van der Waals surface area (Å²) in [6.07, 6.45) is 24.4. The minimum Gasteiger partial charge on any atom is -0.508 e. The number of benzene rings is 3. The van der Waals surface area contributed by atoms with Gasteiger partial charge < -0.3 is 55.5 Å². The van der Waals surface area contributed by atoms with E-state index in [4.69, 9.17) is 29.7 Å². The Kier molecular flexibility index (Phi) is 17.2. The Morgan fingerprint density at radius 3 is 2.45 bits per heavy atom. The van der Waals surface area contributed by atoms with E-state index in [-0.39, 0.29) is 64.5 Å². The summed E-state index contributed by atoms with van der Waals surface area (Å²) < 4.78 is 27.1. The topological polar surface area (TPSA) is 188 Å². The molecule has 4 fully saturated rings. The lowest BCUT2D eigenvalue weighted by Gasteiger charge is -2.54.